The highest BCUT2D eigenvalue weighted by atomic mass is 32.2. The van der Waals surface area contributed by atoms with Gasteiger partial charge in [-0.25, -0.2) is 0 Å². The van der Waals surface area contributed by atoms with Gasteiger partial charge in [-0.2, -0.15) is 0 Å². The van der Waals surface area contributed by atoms with Crippen molar-refractivity contribution in [1.29, 1.82) is 0 Å². The highest BCUT2D eigenvalue weighted by molar-refractivity contribution is 7.83. The summed E-state index contributed by atoms with van der Waals surface area (Å²) in [4.78, 5) is 12.2. The van der Waals surface area contributed by atoms with E-state index in [1.807, 2.05) is 25.1 Å². The van der Waals surface area contributed by atoms with Gasteiger partial charge >= 0.3 is 0 Å². The number of benzene rings is 1. The van der Waals surface area contributed by atoms with Crippen LogP contribution < -0.4 is 5.32 Å². The van der Waals surface area contributed by atoms with Crippen molar-refractivity contribution < 1.29 is 9.00 Å². The second kappa shape index (κ2) is 7.74. The minimum atomic E-state index is -0.866. The fourth-order valence-corrected chi connectivity index (χ4v) is 3.80. The molecule has 0 spiro atoms. The number of hydrogen-bond donors (Lipinski definition) is 1. The molecule has 1 unspecified atom stereocenters. The third-order valence-electron chi connectivity index (χ3n) is 4.28. The minimum Gasteiger partial charge on any atom is -0.326 e. The number of rotatable bonds is 5. The van der Waals surface area contributed by atoms with Crippen molar-refractivity contribution >= 4 is 22.4 Å². The van der Waals surface area contributed by atoms with E-state index in [1.54, 1.807) is 6.26 Å². The smallest absolute Gasteiger partial charge is 0.224 e. The Morgan fingerprint density at radius 1 is 1.29 bits per heavy atom. The molecule has 1 aromatic rings. The number of carbonyl (C=O) groups is 1. The van der Waals surface area contributed by atoms with Crippen LogP contribution in [0.25, 0.3) is 0 Å². The third kappa shape index (κ3) is 4.95. The van der Waals surface area contributed by atoms with Gasteiger partial charge in [0.05, 0.1) is 0 Å². The number of carbonyl (C=O) groups excluding carboxylic acids is 1. The Kier molecular flexibility index (Phi) is 5.97. The Morgan fingerprint density at radius 2 is 2.00 bits per heavy atom. The molecule has 1 fully saturated rings. The first-order valence-corrected chi connectivity index (χ1v) is 9.47. The van der Waals surface area contributed by atoms with E-state index < -0.39 is 10.8 Å². The fourth-order valence-electron chi connectivity index (χ4n) is 3.05. The molecule has 3 nitrogen and oxygen atoms in total. The van der Waals surface area contributed by atoms with E-state index in [0.29, 0.717) is 18.1 Å². The molecule has 1 aliphatic carbocycles. The minimum absolute atomic E-state index is 0.111. The lowest BCUT2D eigenvalue weighted by molar-refractivity contribution is -0.117. The van der Waals surface area contributed by atoms with E-state index in [1.165, 1.54) is 32.1 Å². The van der Waals surface area contributed by atoms with Gasteiger partial charge in [0.15, 0.2) is 0 Å². The highest BCUT2D eigenvalue weighted by Crippen LogP contribution is 2.27. The van der Waals surface area contributed by atoms with Crippen LogP contribution in [-0.2, 0) is 21.3 Å². The van der Waals surface area contributed by atoms with Gasteiger partial charge in [0.25, 0.3) is 0 Å². The first kappa shape index (κ1) is 16.2. The van der Waals surface area contributed by atoms with Gasteiger partial charge in [-0.3, -0.25) is 9.00 Å². The summed E-state index contributed by atoms with van der Waals surface area (Å²) in [6.45, 7) is 1.98. The zero-order valence-electron chi connectivity index (χ0n) is 13.0. The van der Waals surface area contributed by atoms with Gasteiger partial charge < -0.3 is 5.32 Å². The first-order chi connectivity index (χ1) is 10.1. The zero-order chi connectivity index (χ0) is 15.2. The van der Waals surface area contributed by atoms with Crippen molar-refractivity contribution in [2.75, 3.05) is 11.6 Å². The van der Waals surface area contributed by atoms with E-state index in [2.05, 4.69) is 5.32 Å². The summed E-state index contributed by atoms with van der Waals surface area (Å²) < 4.78 is 11.4. The SMILES string of the molecule is Cc1c(CS(C)=O)cccc1NC(=O)CC1CCCCC1. The molecule has 1 N–H and O–H groups in total. The Bertz CT molecular complexity index is 522. The summed E-state index contributed by atoms with van der Waals surface area (Å²) in [6, 6.07) is 5.83. The molecular weight excluding hydrogens is 282 g/mol. The molecule has 1 aliphatic rings. The van der Waals surface area contributed by atoms with Crippen molar-refractivity contribution in [2.45, 2.75) is 51.2 Å². The number of nitrogens with one attached hydrogen (secondary N) is 1. The molecule has 1 aromatic carbocycles. The molecular formula is C17H25NO2S. The van der Waals surface area contributed by atoms with Crippen LogP contribution in [-0.4, -0.2) is 16.4 Å². The molecule has 0 radical (unpaired) electrons. The van der Waals surface area contributed by atoms with Gasteiger partial charge in [0.2, 0.25) is 5.91 Å². The maximum atomic E-state index is 12.2. The average Bonchev–Trinajstić information content (AvgIpc) is 2.44. The first-order valence-electron chi connectivity index (χ1n) is 7.74. The van der Waals surface area contributed by atoms with Crippen molar-refractivity contribution in [3.8, 4) is 0 Å². The second-order valence-electron chi connectivity index (χ2n) is 6.06. The normalized spacial score (nSPS) is 17.4. The van der Waals surface area contributed by atoms with Crippen molar-refractivity contribution in [3.05, 3.63) is 29.3 Å². The molecule has 0 heterocycles. The molecule has 21 heavy (non-hydrogen) atoms. The zero-order valence-corrected chi connectivity index (χ0v) is 13.8. The van der Waals surface area contributed by atoms with Crippen LogP contribution in [0.4, 0.5) is 5.69 Å². The lowest BCUT2D eigenvalue weighted by atomic mass is 9.87. The van der Waals surface area contributed by atoms with Crippen molar-refractivity contribution in [2.24, 2.45) is 5.92 Å². The average molecular weight is 307 g/mol. The fraction of sp³-hybridized carbons (Fsp3) is 0.588. The third-order valence-corrected chi connectivity index (χ3v) is 5.00. The number of amides is 1. The number of anilines is 1. The van der Waals surface area contributed by atoms with Crippen LogP contribution in [0.1, 0.15) is 49.7 Å². The van der Waals surface area contributed by atoms with Crippen LogP contribution in [0, 0.1) is 12.8 Å². The monoisotopic (exact) mass is 307 g/mol. The molecule has 1 amide bonds. The standard InChI is InChI=1S/C17H25NO2S/c1-13-15(12-21(2)20)9-6-10-16(13)18-17(19)11-14-7-4-3-5-8-14/h6,9-10,14H,3-5,7-8,11-12H2,1-2H3,(H,18,19). The van der Waals surface area contributed by atoms with Crippen molar-refractivity contribution in [1.82, 2.24) is 0 Å². The second-order valence-corrected chi connectivity index (χ2v) is 7.50. The highest BCUT2D eigenvalue weighted by Gasteiger charge is 2.17. The summed E-state index contributed by atoms with van der Waals surface area (Å²) in [5.74, 6) is 1.20. The lowest BCUT2D eigenvalue weighted by Gasteiger charge is -2.21. The molecule has 1 atom stereocenters. The molecule has 0 saturated heterocycles. The summed E-state index contributed by atoms with van der Waals surface area (Å²) in [6.07, 6.45) is 8.52. The molecule has 1 saturated carbocycles. The summed E-state index contributed by atoms with van der Waals surface area (Å²) >= 11 is 0. The van der Waals surface area contributed by atoms with E-state index in [-0.39, 0.29) is 5.91 Å². The summed E-state index contributed by atoms with van der Waals surface area (Å²) in [7, 11) is -0.866. The quantitative estimate of drug-likeness (QED) is 0.899. The Morgan fingerprint density at radius 3 is 2.67 bits per heavy atom. The van der Waals surface area contributed by atoms with E-state index in [4.69, 9.17) is 0 Å². The molecule has 2 rings (SSSR count). The van der Waals surface area contributed by atoms with Gasteiger partial charge in [-0.15, -0.1) is 0 Å². The topological polar surface area (TPSA) is 46.2 Å². The van der Waals surface area contributed by atoms with Gasteiger partial charge in [-0.1, -0.05) is 31.4 Å². The van der Waals surface area contributed by atoms with Crippen LogP contribution in [0.15, 0.2) is 18.2 Å². The van der Waals surface area contributed by atoms with Crippen LogP contribution in [0.2, 0.25) is 0 Å². The molecule has 4 heteroatoms. The maximum absolute atomic E-state index is 12.2. The molecule has 0 bridgehead atoms. The summed E-state index contributed by atoms with van der Waals surface area (Å²) in [5.41, 5.74) is 2.94. The Balaban J connectivity index is 1.98. The van der Waals surface area contributed by atoms with E-state index >= 15 is 0 Å². The van der Waals surface area contributed by atoms with E-state index in [9.17, 15) is 9.00 Å². The molecule has 0 aliphatic heterocycles. The predicted molar refractivity (Wildman–Crippen MR) is 88.8 cm³/mol. The number of hydrogen-bond acceptors (Lipinski definition) is 2. The van der Waals surface area contributed by atoms with Gasteiger partial charge in [-0.05, 0) is 42.9 Å². The van der Waals surface area contributed by atoms with E-state index in [0.717, 1.165) is 16.8 Å². The van der Waals surface area contributed by atoms with Crippen LogP contribution in [0.5, 0.6) is 0 Å². The summed E-state index contributed by atoms with van der Waals surface area (Å²) in [5, 5.41) is 3.03. The largest absolute Gasteiger partial charge is 0.326 e. The molecule has 0 aromatic heterocycles. The van der Waals surface area contributed by atoms with Crippen molar-refractivity contribution in [3.63, 3.8) is 0 Å². The Hall–Kier alpha value is -1.16. The predicted octanol–water partition coefficient (Wildman–Crippen LogP) is 3.78. The van der Waals surface area contributed by atoms with Crippen LogP contribution in [0.3, 0.4) is 0 Å². The maximum Gasteiger partial charge on any atom is 0.224 e. The van der Waals surface area contributed by atoms with Gasteiger partial charge in [0, 0.05) is 34.9 Å². The van der Waals surface area contributed by atoms with Crippen LogP contribution >= 0.6 is 0 Å². The van der Waals surface area contributed by atoms with Gasteiger partial charge in [0.1, 0.15) is 0 Å². The lowest BCUT2D eigenvalue weighted by Crippen LogP contribution is -2.19. The molecule has 116 valence electrons. The Labute approximate surface area is 130 Å².